The fraction of sp³-hybridized carbons (Fsp3) is 0.259. The van der Waals surface area contributed by atoms with Gasteiger partial charge in [0.15, 0.2) is 0 Å². The van der Waals surface area contributed by atoms with E-state index in [2.05, 4.69) is 44.0 Å². The molecule has 2 aromatic heterocycles. The summed E-state index contributed by atoms with van der Waals surface area (Å²) in [5, 5.41) is 3.18. The molecule has 0 aliphatic rings. The zero-order valence-corrected chi connectivity index (χ0v) is 20.7. The molecule has 9 heteroatoms. The molecule has 186 valence electrons. The van der Waals surface area contributed by atoms with Crippen molar-refractivity contribution in [2.24, 2.45) is 0 Å². The van der Waals surface area contributed by atoms with Crippen LogP contribution >= 0.6 is 0 Å². The van der Waals surface area contributed by atoms with Gasteiger partial charge in [-0.25, -0.2) is 15.0 Å². The zero-order valence-electron chi connectivity index (χ0n) is 20.7. The van der Waals surface area contributed by atoms with Gasteiger partial charge in [0, 0.05) is 54.1 Å². The summed E-state index contributed by atoms with van der Waals surface area (Å²) >= 11 is 0. The Morgan fingerprint density at radius 1 is 0.889 bits per heavy atom. The number of nitrogens with zero attached hydrogens (tertiary/aromatic N) is 5. The maximum absolute atomic E-state index is 6.23. The number of nitrogen functional groups attached to an aromatic ring is 2. The highest BCUT2D eigenvalue weighted by Crippen LogP contribution is 2.25. The van der Waals surface area contributed by atoms with Crippen molar-refractivity contribution in [2.75, 3.05) is 43.0 Å². The molecule has 0 saturated carbocycles. The summed E-state index contributed by atoms with van der Waals surface area (Å²) in [7, 11) is 0. The van der Waals surface area contributed by atoms with Crippen LogP contribution in [-0.4, -0.2) is 51.1 Å². The number of para-hydroxylation sites is 1. The number of nitrogens with one attached hydrogen (secondary N) is 1. The van der Waals surface area contributed by atoms with Gasteiger partial charge in [-0.05, 0) is 49.0 Å². The van der Waals surface area contributed by atoms with E-state index in [1.807, 2.05) is 48.5 Å². The van der Waals surface area contributed by atoms with Crippen LogP contribution in [0.5, 0.6) is 5.75 Å². The average Bonchev–Trinajstić information content (AvgIpc) is 2.90. The zero-order chi connectivity index (χ0) is 25.3. The molecule has 36 heavy (non-hydrogen) atoms. The molecular weight excluding hydrogens is 452 g/mol. The van der Waals surface area contributed by atoms with Gasteiger partial charge in [0.2, 0.25) is 5.95 Å². The Labute approximate surface area is 211 Å². The lowest BCUT2D eigenvalue weighted by Crippen LogP contribution is -2.27. The van der Waals surface area contributed by atoms with Crippen LogP contribution in [0.25, 0.3) is 11.1 Å². The van der Waals surface area contributed by atoms with Gasteiger partial charge in [-0.1, -0.05) is 32.0 Å². The molecule has 0 atom stereocenters. The van der Waals surface area contributed by atoms with Crippen LogP contribution in [0.1, 0.15) is 25.2 Å². The summed E-state index contributed by atoms with van der Waals surface area (Å²) in [5.74, 6) is 2.24. The Bertz CT molecular complexity index is 1260. The molecule has 4 rings (SSSR count). The van der Waals surface area contributed by atoms with E-state index in [0.717, 1.165) is 47.9 Å². The van der Waals surface area contributed by atoms with Crippen molar-refractivity contribution in [1.29, 1.82) is 0 Å². The number of hydrogen-bond acceptors (Lipinski definition) is 9. The van der Waals surface area contributed by atoms with Gasteiger partial charge in [0.05, 0.1) is 0 Å². The molecule has 0 aliphatic heterocycles. The molecule has 0 radical (unpaired) electrons. The van der Waals surface area contributed by atoms with Crippen LogP contribution in [0, 0.1) is 0 Å². The minimum Gasteiger partial charge on any atom is -0.492 e. The lowest BCUT2D eigenvalue weighted by Gasteiger charge is -2.18. The van der Waals surface area contributed by atoms with Crippen molar-refractivity contribution in [2.45, 2.75) is 20.3 Å². The van der Waals surface area contributed by atoms with Gasteiger partial charge in [-0.15, -0.1) is 0 Å². The monoisotopic (exact) mass is 484 g/mol. The molecule has 0 bridgehead atoms. The Hall–Kier alpha value is -4.24. The highest BCUT2D eigenvalue weighted by molar-refractivity contribution is 5.73. The third-order valence-electron chi connectivity index (χ3n) is 5.92. The van der Waals surface area contributed by atoms with Gasteiger partial charge in [0.25, 0.3) is 0 Å². The first-order valence-electron chi connectivity index (χ1n) is 12.0. The third-order valence-corrected chi connectivity index (χ3v) is 5.92. The number of likely N-dealkylation sites (N-methyl/N-ethyl adjacent to an activating group) is 1. The first-order valence-corrected chi connectivity index (χ1v) is 12.0. The van der Waals surface area contributed by atoms with Gasteiger partial charge >= 0.3 is 0 Å². The fourth-order valence-corrected chi connectivity index (χ4v) is 3.72. The number of rotatable bonds is 11. The first kappa shape index (κ1) is 24.9. The molecule has 0 saturated heterocycles. The molecule has 2 aromatic carbocycles. The molecule has 4 aromatic rings. The molecular formula is C27H32N8O. The molecule has 5 N–H and O–H groups in total. The summed E-state index contributed by atoms with van der Waals surface area (Å²) in [6, 6.07) is 15.4. The van der Waals surface area contributed by atoms with Crippen molar-refractivity contribution >= 4 is 23.1 Å². The Morgan fingerprint density at radius 2 is 1.61 bits per heavy atom. The van der Waals surface area contributed by atoms with E-state index >= 15 is 0 Å². The van der Waals surface area contributed by atoms with E-state index in [9.17, 15) is 0 Å². The summed E-state index contributed by atoms with van der Waals surface area (Å²) in [5.41, 5.74) is 16.2. The maximum Gasteiger partial charge on any atom is 0.229 e. The second-order valence-corrected chi connectivity index (χ2v) is 8.28. The van der Waals surface area contributed by atoms with Gasteiger partial charge in [-0.3, -0.25) is 0 Å². The Balaban J connectivity index is 1.36. The highest BCUT2D eigenvalue weighted by atomic mass is 16.5. The van der Waals surface area contributed by atoms with Crippen molar-refractivity contribution in [3.63, 3.8) is 0 Å². The summed E-state index contributed by atoms with van der Waals surface area (Å²) < 4.78 is 5.84. The normalized spacial score (nSPS) is 11.0. The maximum atomic E-state index is 6.23. The van der Waals surface area contributed by atoms with E-state index in [4.69, 9.17) is 16.2 Å². The van der Waals surface area contributed by atoms with E-state index in [0.29, 0.717) is 36.2 Å². The lowest BCUT2D eigenvalue weighted by atomic mass is 10.1. The van der Waals surface area contributed by atoms with E-state index in [1.165, 1.54) is 0 Å². The Kier molecular flexibility index (Phi) is 8.25. The van der Waals surface area contributed by atoms with Gasteiger partial charge < -0.3 is 26.4 Å². The second kappa shape index (κ2) is 11.9. The number of ether oxygens (including phenoxy) is 1. The quantitative estimate of drug-likeness (QED) is 0.269. The van der Waals surface area contributed by atoms with Crippen LogP contribution in [0.15, 0.2) is 67.1 Å². The average molecular weight is 485 g/mol. The molecule has 0 amide bonds. The minimum atomic E-state index is 0.340. The van der Waals surface area contributed by atoms with Gasteiger partial charge in [-0.2, -0.15) is 4.98 Å². The van der Waals surface area contributed by atoms with Crippen LogP contribution in [0.4, 0.5) is 23.1 Å². The van der Waals surface area contributed by atoms with Gasteiger partial charge in [0.1, 0.15) is 24.0 Å². The summed E-state index contributed by atoms with van der Waals surface area (Å²) in [6.45, 7) is 7.90. The van der Waals surface area contributed by atoms with Crippen molar-refractivity contribution in [1.82, 2.24) is 24.8 Å². The van der Waals surface area contributed by atoms with Crippen molar-refractivity contribution in [3.8, 4) is 16.9 Å². The topological polar surface area (TPSA) is 128 Å². The number of anilines is 4. The van der Waals surface area contributed by atoms with E-state index in [1.54, 1.807) is 18.6 Å². The van der Waals surface area contributed by atoms with Crippen LogP contribution in [0.3, 0.4) is 0 Å². The largest absolute Gasteiger partial charge is 0.492 e. The molecule has 2 heterocycles. The summed E-state index contributed by atoms with van der Waals surface area (Å²) in [4.78, 5) is 20.1. The minimum absolute atomic E-state index is 0.340. The van der Waals surface area contributed by atoms with Crippen LogP contribution in [-0.2, 0) is 6.42 Å². The fourth-order valence-electron chi connectivity index (χ4n) is 3.72. The third kappa shape index (κ3) is 6.45. The number of aromatic nitrogens is 4. The van der Waals surface area contributed by atoms with Crippen LogP contribution in [0.2, 0.25) is 0 Å². The Morgan fingerprint density at radius 3 is 2.28 bits per heavy atom. The summed E-state index contributed by atoms with van der Waals surface area (Å²) in [6.07, 6.45) is 5.68. The number of hydrogen-bond donors (Lipinski definition) is 3. The SMILES string of the molecule is CCN(CC)CCOc1ccc(Nc2ncc(-c3cnc(Cc4ccccc4N)nc3)c(N)n2)cc1. The predicted octanol–water partition coefficient (Wildman–Crippen LogP) is 4.15. The second-order valence-electron chi connectivity index (χ2n) is 8.28. The van der Waals surface area contributed by atoms with E-state index < -0.39 is 0 Å². The lowest BCUT2D eigenvalue weighted by molar-refractivity contribution is 0.223. The molecule has 9 nitrogen and oxygen atoms in total. The van der Waals surface area contributed by atoms with Crippen LogP contribution < -0.4 is 21.5 Å². The van der Waals surface area contributed by atoms with Crippen molar-refractivity contribution in [3.05, 3.63) is 78.5 Å². The smallest absolute Gasteiger partial charge is 0.229 e. The molecule has 0 fully saturated rings. The molecule has 0 aliphatic carbocycles. The molecule has 0 spiro atoms. The van der Waals surface area contributed by atoms with Crippen molar-refractivity contribution < 1.29 is 4.74 Å². The first-order chi connectivity index (χ1) is 17.6. The number of benzene rings is 2. The highest BCUT2D eigenvalue weighted by Gasteiger charge is 2.10. The predicted molar refractivity (Wildman–Crippen MR) is 144 cm³/mol. The standard InChI is InChI=1S/C27H32N8O/c1-3-35(4-2)13-14-36-22-11-9-21(10-12-22)33-27-32-18-23(26(29)34-27)20-16-30-25(31-17-20)15-19-7-5-6-8-24(19)28/h5-12,16-18H,3-4,13-15,28H2,1-2H3,(H3,29,32,33,34). The molecule has 0 unspecified atom stereocenters. The van der Waals surface area contributed by atoms with E-state index in [-0.39, 0.29) is 0 Å². The number of nitrogens with two attached hydrogens (primary N) is 2.